The fourth-order valence-corrected chi connectivity index (χ4v) is 2.12. The molecule has 3 aromatic rings. The Labute approximate surface area is 121 Å². The Kier molecular flexibility index (Phi) is 3.48. The van der Waals surface area contributed by atoms with E-state index in [0.717, 1.165) is 5.39 Å². The topological polar surface area (TPSA) is 47.9 Å². The van der Waals surface area contributed by atoms with Crippen molar-refractivity contribution in [3.8, 4) is 17.1 Å². The number of aromatic nitrogens is 3. The van der Waals surface area contributed by atoms with Crippen molar-refractivity contribution < 1.29 is 9.13 Å². The molecule has 0 radical (unpaired) electrons. The van der Waals surface area contributed by atoms with E-state index in [1.54, 1.807) is 24.4 Å². The predicted octanol–water partition coefficient (Wildman–Crippen LogP) is 3.62. The Hall–Kier alpha value is -2.56. The third-order valence-electron chi connectivity index (χ3n) is 2.94. The molecule has 3 rings (SSSR count). The summed E-state index contributed by atoms with van der Waals surface area (Å²) in [6, 6.07) is 9.95. The van der Waals surface area contributed by atoms with Crippen LogP contribution in [-0.4, -0.2) is 21.3 Å². The van der Waals surface area contributed by atoms with Gasteiger partial charge in [-0.05, 0) is 38.1 Å². The van der Waals surface area contributed by atoms with Crippen LogP contribution in [0.2, 0.25) is 0 Å². The Morgan fingerprint density at radius 2 is 1.95 bits per heavy atom. The van der Waals surface area contributed by atoms with E-state index in [0.29, 0.717) is 22.7 Å². The molecule has 0 spiro atoms. The van der Waals surface area contributed by atoms with E-state index in [1.165, 1.54) is 12.1 Å². The first-order valence-corrected chi connectivity index (χ1v) is 6.68. The lowest BCUT2D eigenvalue weighted by Gasteiger charge is -2.09. The summed E-state index contributed by atoms with van der Waals surface area (Å²) in [4.78, 5) is 4.30. The van der Waals surface area contributed by atoms with Crippen molar-refractivity contribution in [1.29, 1.82) is 0 Å². The van der Waals surface area contributed by atoms with Gasteiger partial charge in [-0.3, -0.25) is 4.98 Å². The van der Waals surface area contributed by atoms with Gasteiger partial charge < -0.3 is 4.74 Å². The van der Waals surface area contributed by atoms with Gasteiger partial charge in [-0.2, -0.15) is 0 Å². The molecule has 0 aliphatic carbocycles. The summed E-state index contributed by atoms with van der Waals surface area (Å²) in [7, 11) is 0. The van der Waals surface area contributed by atoms with Crippen LogP contribution in [0.15, 0.2) is 42.6 Å². The quantitative estimate of drug-likeness (QED) is 0.736. The van der Waals surface area contributed by atoms with Crippen LogP contribution in [0.5, 0.6) is 5.88 Å². The van der Waals surface area contributed by atoms with E-state index in [9.17, 15) is 4.39 Å². The van der Waals surface area contributed by atoms with E-state index in [2.05, 4.69) is 15.2 Å². The van der Waals surface area contributed by atoms with Gasteiger partial charge in [0.15, 0.2) is 0 Å². The molecule has 4 nitrogen and oxygen atoms in total. The van der Waals surface area contributed by atoms with Gasteiger partial charge in [-0.25, -0.2) is 4.39 Å². The van der Waals surface area contributed by atoms with E-state index < -0.39 is 0 Å². The van der Waals surface area contributed by atoms with Crippen molar-refractivity contribution >= 4 is 10.9 Å². The van der Waals surface area contributed by atoms with Crippen LogP contribution in [0.1, 0.15) is 13.8 Å². The molecule has 0 aliphatic rings. The number of benzene rings is 1. The van der Waals surface area contributed by atoms with Crippen LogP contribution in [0.4, 0.5) is 4.39 Å². The largest absolute Gasteiger partial charge is 0.474 e. The molecule has 0 aliphatic heterocycles. The van der Waals surface area contributed by atoms with Crippen molar-refractivity contribution in [2.45, 2.75) is 20.0 Å². The van der Waals surface area contributed by atoms with Gasteiger partial charge in [0.25, 0.3) is 0 Å². The molecule has 5 heteroatoms. The molecule has 2 heterocycles. The van der Waals surface area contributed by atoms with Crippen molar-refractivity contribution in [2.24, 2.45) is 0 Å². The zero-order valence-corrected chi connectivity index (χ0v) is 11.7. The summed E-state index contributed by atoms with van der Waals surface area (Å²) in [5, 5.41) is 8.85. The van der Waals surface area contributed by atoms with Gasteiger partial charge in [0.1, 0.15) is 5.82 Å². The molecule has 0 saturated heterocycles. The zero-order chi connectivity index (χ0) is 14.8. The van der Waals surface area contributed by atoms with Gasteiger partial charge in [-0.1, -0.05) is 6.07 Å². The summed E-state index contributed by atoms with van der Waals surface area (Å²) < 4.78 is 19.2. The Morgan fingerprint density at radius 1 is 1.10 bits per heavy atom. The molecule has 0 saturated carbocycles. The summed E-state index contributed by atoms with van der Waals surface area (Å²) in [5.74, 6) is 0.122. The highest BCUT2D eigenvalue weighted by Gasteiger charge is 2.10. The number of rotatable bonds is 3. The third-order valence-corrected chi connectivity index (χ3v) is 2.94. The first-order chi connectivity index (χ1) is 10.1. The van der Waals surface area contributed by atoms with E-state index in [-0.39, 0.29) is 11.9 Å². The molecule has 1 aromatic carbocycles. The van der Waals surface area contributed by atoms with Crippen LogP contribution >= 0.6 is 0 Å². The molecule has 0 unspecified atom stereocenters. The minimum atomic E-state index is -0.324. The standard InChI is InChI=1S/C16H14FN3O/c1-10(2)21-15-6-5-14(19-20-15)13-9-12(17)8-11-4-3-7-18-16(11)13/h3-10H,1-2H3. The molecule has 0 bridgehead atoms. The molecule has 21 heavy (non-hydrogen) atoms. The average molecular weight is 283 g/mol. The molecule has 0 fully saturated rings. The minimum Gasteiger partial charge on any atom is -0.474 e. The number of pyridine rings is 1. The van der Waals surface area contributed by atoms with Gasteiger partial charge >= 0.3 is 0 Å². The van der Waals surface area contributed by atoms with Gasteiger partial charge in [0.2, 0.25) is 5.88 Å². The Balaban J connectivity index is 2.07. The van der Waals surface area contributed by atoms with Crippen molar-refractivity contribution in [2.75, 3.05) is 0 Å². The van der Waals surface area contributed by atoms with Crippen molar-refractivity contribution in [1.82, 2.24) is 15.2 Å². The van der Waals surface area contributed by atoms with E-state index in [4.69, 9.17) is 4.74 Å². The first-order valence-electron chi connectivity index (χ1n) is 6.68. The number of ether oxygens (including phenoxy) is 1. The molecule has 0 N–H and O–H groups in total. The Bertz CT molecular complexity index is 772. The maximum atomic E-state index is 13.7. The maximum Gasteiger partial charge on any atom is 0.233 e. The Morgan fingerprint density at radius 3 is 2.67 bits per heavy atom. The van der Waals surface area contributed by atoms with Crippen LogP contribution in [0.3, 0.4) is 0 Å². The van der Waals surface area contributed by atoms with E-state index >= 15 is 0 Å². The second kappa shape index (κ2) is 5.44. The first kappa shape index (κ1) is 13.4. The van der Waals surface area contributed by atoms with Crippen LogP contribution in [0, 0.1) is 5.82 Å². The molecule has 106 valence electrons. The molecule has 0 amide bonds. The molecular formula is C16H14FN3O. The van der Waals surface area contributed by atoms with Gasteiger partial charge in [-0.15, -0.1) is 10.2 Å². The third kappa shape index (κ3) is 2.81. The lowest BCUT2D eigenvalue weighted by Crippen LogP contribution is -2.07. The average Bonchev–Trinajstić information content (AvgIpc) is 2.46. The minimum absolute atomic E-state index is 0.0295. The summed E-state index contributed by atoms with van der Waals surface area (Å²) in [6.07, 6.45) is 1.70. The number of halogens is 1. The number of fused-ring (bicyclic) bond motifs is 1. The zero-order valence-electron chi connectivity index (χ0n) is 11.7. The fraction of sp³-hybridized carbons (Fsp3) is 0.188. The number of nitrogens with zero attached hydrogens (tertiary/aromatic N) is 3. The summed E-state index contributed by atoms with van der Waals surface area (Å²) in [6.45, 7) is 3.83. The highest BCUT2D eigenvalue weighted by atomic mass is 19.1. The van der Waals surface area contributed by atoms with Crippen LogP contribution in [0.25, 0.3) is 22.2 Å². The fourth-order valence-electron chi connectivity index (χ4n) is 2.12. The lowest BCUT2D eigenvalue weighted by atomic mass is 10.1. The smallest absolute Gasteiger partial charge is 0.233 e. The monoisotopic (exact) mass is 283 g/mol. The maximum absolute atomic E-state index is 13.7. The lowest BCUT2D eigenvalue weighted by molar-refractivity contribution is 0.230. The van der Waals surface area contributed by atoms with Gasteiger partial charge in [0, 0.05) is 23.2 Å². The number of hydrogen-bond donors (Lipinski definition) is 0. The van der Waals surface area contributed by atoms with E-state index in [1.807, 2.05) is 19.9 Å². The van der Waals surface area contributed by atoms with Crippen LogP contribution < -0.4 is 4.74 Å². The second-order valence-electron chi connectivity index (χ2n) is 4.95. The van der Waals surface area contributed by atoms with Gasteiger partial charge in [0.05, 0.1) is 17.3 Å². The summed E-state index contributed by atoms with van der Waals surface area (Å²) in [5.41, 5.74) is 1.88. The SMILES string of the molecule is CC(C)Oc1ccc(-c2cc(F)cc3cccnc23)nn1. The van der Waals surface area contributed by atoms with Crippen molar-refractivity contribution in [3.63, 3.8) is 0 Å². The summed E-state index contributed by atoms with van der Waals surface area (Å²) >= 11 is 0. The molecule has 2 aromatic heterocycles. The highest BCUT2D eigenvalue weighted by Crippen LogP contribution is 2.27. The number of hydrogen-bond acceptors (Lipinski definition) is 4. The second-order valence-corrected chi connectivity index (χ2v) is 4.95. The predicted molar refractivity (Wildman–Crippen MR) is 78.5 cm³/mol. The van der Waals surface area contributed by atoms with Crippen molar-refractivity contribution in [3.05, 3.63) is 48.4 Å². The molecular weight excluding hydrogens is 269 g/mol. The van der Waals surface area contributed by atoms with Crippen LogP contribution in [-0.2, 0) is 0 Å². The highest BCUT2D eigenvalue weighted by molar-refractivity contribution is 5.92. The molecule has 0 atom stereocenters. The normalized spacial score (nSPS) is 11.0.